The normalized spacial score (nSPS) is 16.6. The van der Waals surface area contributed by atoms with E-state index in [1.807, 2.05) is 13.0 Å². The molecule has 0 amide bonds. The second-order valence-corrected chi connectivity index (χ2v) is 6.71. The molecule has 1 aliphatic rings. The number of anilines is 1. The number of fused-ring (bicyclic) bond motifs is 1. The van der Waals surface area contributed by atoms with Crippen molar-refractivity contribution in [2.45, 2.75) is 19.9 Å². The van der Waals surface area contributed by atoms with Gasteiger partial charge in [-0.1, -0.05) is 0 Å². The number of hydrogen-bond donors (Lipinski definition) is 1. The highest BCUT2D eigenvalue weighted by Gasteiger charge is 2.18. The predicted octanol–water partition coefficient (Wildman–Crippen LogP) is 0.895. The maximum Gasteiger partial charge on any atom is 0.272 e. The van der Waals surface area contributed by atoms with Crippen molar-refractivity contribution in [2.24, 2.45) is 0 Å². The fourth-order valence-electron chi connectivity index (χ4n) is 3.02. The van der Waals surface area contributed by atoms with Gasteiger partial charge in [0.2, 0.25) is 5.13 Å². The van der Waals surface area contributed by atoms with E-state index >= 15 is 0 Å². The van der Waals surface area contributed by atoms with Gasteiger partial charge in [0.05, 0.1) is 5.69 Å². The monoisotopic (exact) mass is 345 g/mol. The van der Waals surface area contributed by atoms with Crippen molar-refractivity contribution in [2.75, 3.05) is 31.1 Å². The van der Waals surface area contributed by atoms with Crippen LogP contribution in [0.5, 0.6) is 0 Å². The number of H-pyrrole nitrogens is 1. The molecule has 4 heterocycles. The average Bonchev–Trinajstić information content (AvgIpc) is 3.13. The molecule has 1 saturated heterocycles. The quantitative estimate of drug-likeness (QED) is 0.759. The number of aromatic nitrogens is 5. The van der Waals surface area contributed by atoms with Crippen LogP contribution in [0.15, 0.2) is 23.1 Å². The molecule has 24 heavy (non-hydrogen) atoms. The Bertz CT molecular complexity index is 898. The molecule has 4 rings (SSSR count). The standard InChI is InChI=1S/C15H19N7OS/c1-11-17-15(24-19-11)21-6-2-5-20(7-8-21)10-12-9-14(23)22-13(18-12)3-4-16-22/h3-4,9,16H,2,5-8,10H2,1H3. The molecule has 0 spiro atoms. The Balaban J connectivity index is 1.46. The maximum absolute atomic E-state index is 12.1. The van der Waals surface area contributed by atoms with E-state index in [2.05, 4.69) is 29.2 Å². The van der Waals surface area contributed by atoms with Crippen molar-refractivity contribution in [1.82, 2.24) is 28.9 Å². The summed E-state index contributed by atoms with van der Waals surface area (Å²) < 4.78 is 5.72. The average molecular weight is 345 g/mol. The maximum atomic E-state index is 12.1. The van der Waals surface area contributed by atoms with Gasteiger partial charge in [-0.15, -0.1) is 0 Å². The summed E-state index contributed by atoms with van der Waals surface area (Å²) in [5, 5.41) is 3.86. The Hall–Kier alpha value is -2.26. The molecule has 8 nitrogen and oxygen atoms in total. The van der Waals surface area contributed by atoms with Crippen LogP contribution in [0.25, 0.3) is 5.65 Å². The first-order chi connectivity index (χ1) is 11.7. The van der Waals surface area contributed by atoms with Gasteiger partial charge in [-0.2, -0.15) is 4.37 Å². The minimum absolute atomic E-state index is 0.0687. The molecule has 0 aliphatic carbocycles. The van der Waals surface area contributed by atoms with E-state index in [0.29, 0.717) is 12.2 Å². The van der Waals surface area contributed by atoms with Crippen LogP contribution in [0.1, 0.15) is 17.9 Å². The molecule has 1 aliphatic heterocycles. The molecule has 0 atom stereocenters. The summed E-state index contributed by atoms with van der Waals surface area (Å²) in [5.41, 5.74) is 1.42. The first kappa shape index (κ1) is 15.3. The molecule has 3 aromatic rings. The third-order valence-electron chi connectivity index (χ3n) is 4.20. The number of hydrogen-bond acceptors (Lipinski definition) is 7. The summed E-state index contributed by atoms with van der Waals surface area (Å²) in [6, 6.07) is 3.42. The van der Waals surface area contributed by atoms with Crippen LogP contribution < -0.4 is 10.5 Å². The minimum Gasteiger partial charge on any atom is -0.346 e. The summed E-state index contributed by atoms with van der Waals surface area (Å²) in [5.74, 6) is 0.834. The molecule has 0 unspecified atom stereocenters. The van der Waals surface area contributed by atoms with Gasteiger partial charge in [0.25, 0.3) is 5.56 Å². The van der Waals surface area contributed by atoms with Crippen molar-refractivity contribution in [3.63, 3.8) is 0 Å². The number of nitrogens with zero attached hydrogens (tertiary/aromatic N) is 6. The molecule has 9 heteroatoms. The van der Waals surface area contributed by atoms with Gasteiger partial charge in [-0.25, -0.2) is 14.5 Å². The van der Waals surface area contributed by atoms with E-state index in [4.69, 9.17) is 0 Å². The van der Waals surface area contributed by atoms with Crippen LogP contribution in [0.4, 0.5) is 5.13 Å². The van der Waals surface area contributed by atoms with Crippen molar-refractivity contribution >= 4 is 22.3 Å². The summed E-state index contributed by atoms with van der Waals surface area (Å²) in [4.78, 5) is 25.7. The van der Waals surface area contributed by atoms with E-state index < -0.39 is 0 Å². The first-order valence-corrected chi connectivity index (χ1v) is 8.80. The predicted molar refractivity (Wildman–Crippen MR) is 92.6 cm³/mol. The van der Waals surface area contributed by atoms with Crippen LogP contribution >= 0.6 is 11.5 Å². The zero-order chi connectivity index (χ0) is 16.5. The van der Waals surface area contributed by atoms with Crippen LogP contribution in [0.2, 0.25) is 0 Å². The summed E-state index contributed by atoms with van der Waals surface area (Å²) in [6.45, 7) is 6.43. The van der Waals surface area contributed by atoms with Crippen molar-refractivity contribution < 1.29 is 0 Å². The SMILES string of the molecule is Cc1nsc(N2CCCN(Cc3cc(=O)n4[nH]ccc4n3)CC2)n1. The minimum atomic E-state index is -0.0687. The molecule has 126 valence electrons. The number of rotatable bonds is 3. The molecule has 1 fully saturated rings. The molecule has 0 saturated carbocycles. The topological polar surface area (TPSA) is 82.4 Å². The molecular weight excluding hydrogens is 326 g/mol. The molecule has 1 N–H and O–H groups in total. The Morgan fingerprint density at radius 1 is 1.25 bits per heavy atom. The van der Waals surface area contributed by atoms with Crippen LogP contribution in [0.3, 0.4) is 0 Å². The van der Waals surface area contributed by atoms with E-state index in [0.717, 1.165) is 49.2 Å². The highest BCUT2D eigenvalue weighted by molar-refractivity contribution is 7.09. The second-order valence-electron chi connectivity index (χ2n) is 5.98. The molecular formula is C15H19N7OS. The highest BCUT2D eigenvalue weighted by atomic mass is 32.1. The third-order valence-corrected chi connectivity index (χ3v) is 5.06. The zero-order valence-electron chi connectivity index (χ0n) is 13.5. The Kier molecular flexibility index (Phi) is 4.03. The van der Waals surface area contributed by atoms with Crippen LogP contribution in [0, 0.1) is 6.92 Å². The lowest BCUT2D eigenvalue weighted by molar-refractivity contribution is 0.282. The van der Waals surface area contributed by atoms with Gasteiger partial charge in [0.15, 0.2) is 5.65 Å². The van der Waals surface area contributed by atoms with E-state index in [1.54, 1.807) is 12.3 Å². The zero-order valence-corrected chi connectivity index (χ0v) is 14.3. The largest absolute Gasteiger partial charge is 0.346 e. The van der Waals surface area contributed by atoms with Gasteiger partial charge >= 0.3 is 0 Å². The molecule has 0 radical (unpaired) electrons. The lowest BCUT2D eigenvalue weighted by atomic mass is 10.3. The lowest BCUT2D eigenvalue weighted by Gasteiger charge is -2.20. The number of nitrogens with one attached hydrogen (secondary N) is 1. The molecule has 3 aromatic heterocycles. The Morgan fingerprint density at radius 3 is 3.00 bits per heavy atom. The second kappa shape index (κ2) is 6.33. The van der Waals surface area contributed by atoms with Gasteiger partial charge < -0.3 is 4.90 Å². The van der Waals surface area contributed by atoms with Gasteiger partial charge in [0.1, 0.15) is 5.82 Å². The summed E-state index contributed by atoms with van der Waals surface area (Å²) >= 11 is 1.46. The highest BCUT2D eigenvalue weighted by Crippen LogP contribution is 2.19. The van der Waals surface area contributed by atoms with Crippen molar-refractivity contribution in [1.29, 1.82) is 0 Å². The van der Waals surface area contributed by atoms with Crippen molar-refractivity contribution in [3.8, 4) is 0 Å². The Labute approximate surface area is 142 Å². The van der Waals surface area contributed by atoms with E-state index in [9.17, 15) is 4.79 Å². The molecule has 0 aromatic carbocycles. The van der Waals surface area contributed by atoms with Crippen LogP contribution in [-0.4, -0.2) is 55.0 Å². The smallest absolute Gasteiger partial charge is 0.272 e. The van der Waals surface area contributed by atoms with Crippen molar-refractivity contribution in [3.05, 3.63) is 40.2 Å². The third kappa shape index (κ3) is 3.04. The van der Waals surface area contributed by atoms with Crippen LogP contribution in [-0.2, 0) is 6.54 Å². The lowest BCUT2D eigenvalue weighted by Crippen LogP contribution is -2.31. The Morgan fingerprint density at radius 2 is 2.17 bits per heavy atom. The fraction of sp³-hybridized carbons (Fsp3) is 0.467. The number of aryl methyl sites for hydroxylation is 1. The van der Waals surface area contributed by atoms with Gasteiger partial charge in [-0.05, 0) is 13.3 Å². The first-order valence-electron chi connectivity index (χ1n) is 8.03. The summed E-state index contributed by atoms with van der Waals surface area (Å²) in [6.07, 6.45) is 2.78. The van der Waals surface area contributed by atoms with E-state index in [1.165, 1.54) is 16.0 Å². The fourth-order valence-corrected chi connectivity index (χ4v) is 3.75. The van der Waals surface area contributed by atoms with E-state index in [-0.39, 0.29) is 5.56 Å². The number of aromatic amines is 1. The van der Waals surface area contributed by atoms with Gasteiger partial charge in [0, 0.05) is 62.6 Å². The molecule has 0 bridgehead atoms. The van der Waals surface area contributed by atoms with Gasteiger partial charge in [-0.3, -0.25) is 14.8 Å². The summed E-state index contributed by atoms with van der Waals surface area (Å²) in [7, 11) is 0.